The molecular formula is C20H17N5O2S. The summed E-state index contributed by atoms with van der Waals surface area (Å²) in [5.41, 5.74) is 3.22. The second kappa shape index (κ2) is 6.87. The summed E-state index contributed by atoms with van der Waals surface area (Å²) in [4.78, 5) is 28.3. The van der Waals surface area contributed by atoms with Crippen molar-refractivity contribution < 1.29 is 9.59 Å². The van der Waals surface area contributed by atoms with Crippen molar-refractivity contribution in [3.63, 3.8) is 0 Å². The minimum atomic E-state index is -0.0329. The molecule has 1 aromatic carbocycles. The van der Waals surface area contributed by atoms with E-state index in [0.29, 0.717) is 18.0 Å². The molecule has 1 fully saturated rings. The first-order chi connectivity index (χ1) is 13.7. The van der Waals surface area contributed by atoms with Crippen molar-refractivity contribution in [2.45, 2.75) is 30.5 Å². The molecule has 0 saturated heterocycles. The Kier molecular flexibility index (Phi) is 4.20. The van der Waals surface area contributed by atoms with E-state index in [9.17, 15) is 9.59 Å². The predicted molar refractivity (Wildman–Crippen MR) is 105 cm³/mol. The molecule has 0 atom stereocenters. The van der Waals surface area contributed by atoms with Gasteiger partial charge < -0.3 is 5.32 Å². The Hall–Kier alpha value is -3.00. The average molecular weight is 391 g/mol. The van der Waals surface area contributed by atoms with Crippen LogP contribution in [0.15, 0.2) is 47.9 Å². The molecule has 0 unspecified atom stereocenters. The van der Waals surface area contributed by atoms with E-state index in [1.54, 1.807) is 24.5 Å². The molecule has 7 nitrogen and oxygen atoms in total. The smallest absolute Gasteiger partial charge is 0.228 e. The first kappa shape index (κ1) is 17.1. The largest absolute Gasteiger partial charge is 0.326 e. The lowest BCUT2D eigenvalue weighted by Crippen LogP contribution is -2.05. The number of hydrogen-bond donors (Lipinski definition) is 1. The summed E-state index contributed by atoms with van der Waals surface area (Å²) in [6.45, 7) is 0. The number of fused-ring (bicyclic) bond motifs is 1. The van der Waals surface area contributed by atoms with Gasteiger partial charge in [-0.2, -0.15) is 0 Å². The van der Waals surface area contributed by atoms with Crippen LogP contribution in [-0.4, -0.2) is 37.2 Å². The highest BCUT2D eigenvalue weighted by Gasteiger charge is 2.30. The number of carbonyl (C=O) groups is 2. The van der Waals surface area contributed by atoms with Crippen LogP contribution in [0, 0.1) is 0 Å². The van der Waals surface area contributed by atoms with Gasteiger partial charge in [-0.15, -0.1) is 10.2 Å². The number of anilines is 1. The number of rotatable bonds is 6. The van der Waals surface area contributed by atoms with Crippen LogP contribution in [0.25, 0.3) is 11.4 Å². The zero-order chi connectivity index (χ0) is 19.1. The maximum atomic E-state index is 12.7. The monoisotopic (exact) mass is 391 g/mol. The van der Waals surface area contributed by atoms with Crippen LogP contribution < -0.4 is 5.32 Å². The summed E-state index contributed by atoms with van der Waals surface area (Å²) >= 11 is 1.40. The fourth-order valence-corrected chi connectivity index (χ4v) is 4.25. The van der Waals surface area contributed by atoms with Crippen LogP contribution >= 0.6 is 11.8 Å². The van der Waals surface area contributed by atoms with E-state index < -0.39 is 0 Å². The SMILES string of the molecule is O=C1Cc2cc(C(=O)CSc3nnc(-c4cccnc4)n3C3CC3)ccc2N1. The molecule has 1 amide bonds. The third-order valence-electron chi connectivity index (χ3n) is 4.88. The van der Waals surface area contributed by atoms with E-state index in [1.807, 2.05) is 18.2 Å². The van der Waals surface area contributed by atoms with Gasteiger partial charge in [0.05, 0.1) is 12.2 Å². The van der Waals surface area contributed by atoms with Crippen LogP contribution in [0.2, 0.25) is 0 Å². The lowest BCUT2D eigenvalue weighted by atomic mass is 10.1. The van der Waals surface area contributed by atoms with E-state index in [-0.39, 0.29) is 17.4 Å². The second-order valence-corrected chi connectivity index (χ2v) is 7.90. The summed E-state index contributed by atoms with van der Waals surface area (Å²) < 4.78 is 2.13. The number of amides is 1. The molecule has 0 spiro atoms. The first-order valence-corrected chi connectivity index (χ1v) is 10.1. The van der Waals surface area contributed by atoms with Gasteiger partial charge in [0.2, 0.25) is 5.91 Å². The van der Waals surface area contributed by atoms with Crippen molar-refractivity contribution in [3.05, 3.63) is 53.9 Å². The molecule has 0 bridgehead atoms. The van der Waals surface area contributed by atoms with Crippen LogP contribution in [0.5, 0.6) is 0 Å². The number of thioether (sulfide) groups is 1. The molecular weight excluding hydrogens is 374 g/mol. The highest BCUT2D eigenvalue weighted by atomic mass is 32.2. The lowest BCUT2D eigenvalue weighted by molar-refractivity contribution is -0.115. The molecule has 140 valence electrons. The van der Waals surface area contributed by atoms with Crippen molar-refractivity contribution >= 4 is 29.1 Å². The molecule has 3 aromatic rings. The van der Waals surface area contributed by atoms with Crippen molar-refractivity contribution in [3.8, 4) is 11.4 Å². The van der Waals surface area contributed by atoms with Crippen LogP contribution in [0.1, 0.15) is 34.8 Å². The molecule has 1 aliphatic carbocycles. The standard InChI is InChI=1S/C20H17N5O2S/c26-17(12-3-6-16-14(8-12)9-18(27)22-16)11-28-20-24-23-19(25(20)15-4-5-15)13-2-1-7-21-10-13/h1-3,6-8,10,15H,4-5,9,11H2,(H,22,27). The van der Waals surface area contributed by atoms with Gasteiger partial charge in [-0.3, -0.25) is 19.1 Å². The molecule has 1 aliphatic heterocycles. The van der Waals surface area contributed by atoms with Gasteiger partial charge >= 0.3 is 0 Å². The summed E-state index contributed by atoms with van der Waals surface area (Å²) in [7, 11) is 0. The van der Waals surface area contributed by atoms with E-state index in [2.05, 4.69) is 25.1 Å². The molecule has 1 N–H and O–H groups in total. The Morgan fingerprint density at radius 1 is 1.25 bits per heavy atom. The summed E-state index contributed by atoms with van der Waals surface area (Å²) in [6, 6.07) is 9.61. The molecule has 0 radical (unpaired) electrons. The maximum Gasteiger partial charge on any atom is 0.228 e. The number of aromatic nitrogens is 4. The number of nitrogens with zero attached hydrogens (tertiary/aromatic N) is 4. The predicted octanol–water partition coefficient (Wildman–Crippen LogP) is 3.14. The summed E-state index contributed by atoms with van der Waals surface area (Å²) in [5.74, 6) is 1.06. The Morgan fingerprint density at radius 2 is 2.14 bits per heavy atom. The summed E-state index contributed by atoms with van der Waals surface area (Å²) in [5, 5.41) is 12.2. The topological polar surface area (TPSA) is 89.8 Å². The Bertz CT molecular complexity index is 1080. The van der Waals surface area contributed by atoms with E-state index in [1.165, 1.54) is 11.8 Å². The molecule has 8 heteroatoms. The number of benzene rings is 1. The Balaban J connectivity index is 1.35. The maximum absolute atomic E-state index is 12.7. The normalized spacial score (nSPS) is 15.4. The molecule has 3 heterocycles. The van der Waals surface area contributed by atoms with Gasteiger partial charge in [-0.25, -0.2) is 0 Å². The van der Waals surface area contributed by atoms with Crippen LogP contribution in [-0.2, 0) is 11.2 Å². The van der Waals surface area contributed by atoms with Gasteiger partial charge in [0.15, 0.2) is 16.8 Å². The van der Waals surface area contributed by atoms with Gasteiger partial charge in [0, 0.05) is 35.2 Å². The number of pyridine rings is 1. The molecule has 28 heavy (non-hydrogen) atoms. The van der Waals surface area contributed by atoms with E-state index in [0.717, 1.165) is 40.6 Å². The quantitative estimate of drug-likeness (QED) is 0.513. The Morgan fingerprint density at radius 3 is 2.93 bits per heavy atom. The number of hydrogen-bond acceptors (Lipinski definition) is 6. The van der Waals surface area contributed by atoms with Crippen molar-refractivity contribution in [2.24, 2.45) is 0 Å². The minimum absolute atomic E-state index is 0.0143. The Labute approximate surface area is 165 Å². The summed E-state index contributed by atoms with van der Waals surface area (Å²) in [6.07, 6.45) is 6.03. The van der Waals surface area contributed by atoms with Crippen LogP contribution in [0.4, 0.5) is 5.69 Å². The molecule has 5 rings (SSSR count). The van der Waals surface area contributed by atoms with Gasteiger partial charge in [0.1, 0.15) is 0 Å². The zero-order valence-electron chi connectivity index (χ0n) is 15.0. The van der Waals surface area contributed by atoms with Crippen molar-refractivity contribution in [1.82, 2.24) is 19.7 Å². The average Bonchev–Trinajstić information content (AvgIpc) is 3.35. The van der Waals surface area contributed by atoms with Crippen molar-refractivity contribution in [1.29, 1.82) is 0 Å². The van der Waals surface area contributed by atoms with E-state index >= 15 is 0 Å². The molecule has 1 saturated carbocycles. The highest BCUT2D eigenvalue weighted by molar-refractivity contribution is 7.99. The third-order valence-corrected chi connectivity index (χ3v) is 5.82. The number of carbonyl (C=O) groups excluding carboxylic acids is 2. The van der Waals surface area contributed by atoms with Gasteiger partial charge in [0.25, 0.3) is 0 Å². The lowest BCUT2D eigenvalue weighted by Gasteiger charge is -2.08. The second-order valence-electron chi connectivity index (χ2n) is 6.96. The minimum Gasteiger partial charge on any atom is -0.326 e. The first-order valence-electron chi connectivity index (χ1n) is 9.13. The third kappa shape index (κ3) is 3.20. The zero-order valence-corrected chi connectivity index (χ0v) is 15.8. The van der Waals surface area contributed by atoms with Crippen molar-refractivity contribution in [2.75, 3.05) is 11.1 Å². The van der Waals surface area contributed by atoms with E-state index in [4.69, 9.17) is 0 Å². The fourth-order valence-electron chi connectivity index (χ4n) is 3.35. The number of ketones is 1. The van der Waals surface area contributed by atoms with Gasteiger partial charge in [-0.1, -0.05) is 11.8 Å². The fraction of sp³-hybridized carbons (Fsp3) is 0.250. The van der Waals surface area contributed by atoms with Crippen LogP contribution in [0.3, 0.4) is 0 Å². The molecule has 2 aromatic heterocycles. The van der Waals surface area contributed by atoms with Gasteiger partial charge in [-0.05, 0) is 48.7 Å². The number of nitrogens with one attached hydrogen (secondary N) is 1. The number of Topliss-reactive ketones (excluding diaryl/α,β-unsaturated/α-hetero) is 1. The molecule has 2 aliphatic rings. The highest BCUT2D eigenvalue weighted by Crippen LogP contribution is 2.41.